The van der Waals surface area contributed by atoms with E-state index >= 15 is 0 Å². The summed E-state index contributed by atoms with van der Waals surface area (Å²) >= 11 is 5.90. The third-order valence-electron chi connectivity index (χ3n) is 2.72. The molecule has 2 rings (SSSR count). The van der Waals surface area contributed by atoms with Gasteiger partial charge in [-0.3, -0.25) is 9.59 Å². The molecule has 1 aromatic heterocycles. The SMILES string of the molecule is CCOC(=O)Cc1nc2cc(Cl)ccc2n(C)c1=O. The summed E-state index contributed by atoms with van der Waals surface area (Å²) in [7, 11) is 1.63. The zero-order valence-electron chi connectivity index (χ0n) is 10.6. The van der Waals surface area contributed by atoms with Crippen molar-refractivity contribution in [1.82, 2.24) is 9.55 Å². The third-order valence-corrected chi connectivity index (χ3v) is 2.96. The minimum atomic E-state index is -0.464. The topological polar surface area (TPSA) is 61.2 Å². The molecule has 19 heavy (non-hydrogen) atoms. The van der Waals surface area contributed by atoms with Crippen LogP contribution >= 0.6 is 11.6 Å². The van der Waals surface area contributed by atoms with Crippen molar-refractivity contribution in [2.24, 2.45) is 7.05 Å². The molecule has 5 nitrogen and oxygen atoms in total. The first-order valence-corrected chi connectivity index (χ1v) is 6.21. The van der Waals surface area contributed by atoms with Crippen LogP contribution in [0, 0.1) is 0 Å². The molecule has 0 spiro atoms. The lowest BCUT2D eigenvalue weighted by Gasteiger charge is -2.08. The lowest BCUT2D eigenvalue weighted by Crippen LogP contribution is -2.25. The van der Waals surface area contributed by atoms with Gasteiger partial charge in [-0.25, -0.2) is 4.98 Å². The van der Waals surface area contributed by atoms with Crippen LogP contribution in [0.25, 0.3) is 11.0 Å². The number of hydrogen-bond acceptors (Lipinski definition) is 4. The largest absolute Gasteiger partial charge is 0.466 e. The van der Waals surface area contributed by atoms with Crippen LogP contribution in [0.3, 0.4) is 0 Å². The monoisotopic (exact) mass is 280 g/mol. The number of fused-ring (bicyclic) bond motifs is 1. The van der Waals surface area contributed by atoms with Gasteiger partial charge in [-0.2, -0.15) is 0 Å². The van der Waals surface area contributed by atoms with E-state index in [1.165, 1.54) is 4.57 Å². The predicted octanol–water partition coefficient (Wildman–Crippen LogP) is 1.69. The first-order valence-electron chi connectivity index (χ1n) is 5.83. The zero-order valence-corrected chi connectivity index (χ0v) is 11.4. The van der Waals surface area contributed by atoms with Crippen LogP contribution in [-0.4, -0.2) is 22.1 Å². The Balaban J connectivity index is 2.53. The van der Waals surface area contributed by atoms with Crippen LogP contribution in [0.1, 0.15) is 12.6 Å². The maximum Gasteiger partial charge on any atom is 0.312 e. The van der Waals surface area contributed by atoms with Crippen molar-refractivity contribution in [3.8, 4) is 0 Å². The number of esters is 1. The Bertz CT molecular complexity index is 694. The highest BCUT2D eigenvalue weighted by Crippen LogP contribution is 2.16. The normalized spacial score (nSPS) is 10.7. The van der Waals surface area contributed by atoms with Crippen molar-refractivity contribution in [3.63, 3.8) is 0 Å². The van der Waals surface area contributed by atoms with Gasteiger partial charge in [-0.05, 0) is 25.1 Å². The minimum Gasteiger partial charge on any atom is -0.466 e. The number of carbonyl (C=O) groups is 1. The molecule has 0 bridgehead atoms. The van der Waals surface area contributed by atoms with E-state index in [1.807, 2.05) is 0 Å². The minimum absolute atomic E-state index is 0.136. The number of ether oxygens (including phenoxy) is 1. The summed E-state index contributed by atoms with van der Waals surface area (Å²) < 4.78 is 6.27. The molecule has 6 heteroatoms. The van der Waals surface area contributed by atoms with Crippen LogP contribution in [-0.2, 0) is 23.0 Å². The number of rotatable bonds is 3. The molecule has 0 amide bonds. The number of benzene rings is 1. The Labute approximate surface area is 114 Å². The van der Waals surface area contributed by atoms with E-state index in [9.17, 15) is 9.59 Å². The van der Waals surface area contributed by atoms with Crippen LogP contribution in [0.4, 0.5) is 0 Å². The molecule has 2 aromatic rings. The fourth-order valence-electron chi connectivity index (χ4n) is 1.83. The van der Waals surface area contributed by atoms with Gasteiger partial charge in [0.15, 0.2) is 0 Å². The molecular weight excluding hydrogens is 268 g/mol. The number of aryl methyl sites for hydroxylation is 1. The van der Waals surface area contributed by atoms with Gasteiger partial charge in [-0.1, -0.05) is 11.6 Å². The molecule has 100 valence electrons. The van der Waals surface area contributed by atoms with E-state index < -0.39 is 5.97 Å². The maximum atomic E-state index is 12.1. The molecule has 1 aromatic carbocycles. The summed E-state index contributed by atoms with van der Waals surface area (Å²) in [6.45, 7) is 1.99. The van der Waals surface area contributed by atoms with Gasteiger partial charge in [0.25, 0.3) is 5.56 Å². The Morgan fingerprint density at radius 3 is 2.89 bits per heavy atom. The molecule has 0 aliphatic rings. The molecule has 0 atom stereocenters. The summed E-state index contributed by atoms with van der Waals surface area (Å²) in [6.07, 6.45) is -0.136. The van der Waals surface area contributed by atoms with Crippen molar-refractivity contribution < 1.29 is 9.53 Å². The van der Waals surface area contributed by atoms with E-state index in [-0.39, 0.29) is 24.3 Å². The van der Waals surface area contributed by atoms with Crippen LogP contribution in [0.5, 0.6) is 0 Å². The molecule has 0 saturated carbocycles. The summed E-state index contributed by atoms with van der Waals surface area (Å²) in [5, 5.41) is 0.528. The fourth-order valence-corrected chi connectivity index (χ4v) is 2.00. The van der Waals surface area contributed by atoms with Gasteiger partial charge >= 0.3 is 5.97 Å². The van der Waals surface area contributed by atoms with Gasteiger partial charge in [0.1, 0.15) is 5.69 Å². The molecule has 0 N–H and O–H groups in total. The number of aromatic nitrogens is 2. The Morgan fingerprint density at radius 1 is 1.47 bits per heavy atom. The van der Waals surface area contributed by atoms with Crippen molar-refractivity contribution in [2.75, 3.05) is 6.61 Å². The van der Waals surface area contributed by atoms with Crippen molar-refractivity contribution in [1.29, 1.82) is 0 Å². The smallest absolute Gasteiger partial charge is 0.312 e. The molecule has 0 aliphatic heterocycles. The van der Waals surface area contributed by atoms with Crippen molar-refractivity contribution >= 4 is 28.6 Å². The fraction of sp³-hybridized carbons (Fsp3) is 0.308. The quantitative estimate of drug-likeness (QED) is 0.803. The second-order valence-electron chi connectivity index (χ2n) is 4.04. The van der Waals surface area contributed by atoms with E-state index in [0.29, 0.717) is 16.1 Å². The second-order valence-corrected chi connectivity index (χ2v) is 4.47. The van der Waals surface area contributed by atoms with Crippen molar-refractivity contribution in [3.05, 3.63) is 39.3 Å². The Kier molecular flexibility index (Phi) is 3.85. The van der Waals surface area contributed by atoms with Gasteiger partial charge < -0.3 is 9.30 Å². The molecule has 0 saturated heterocycles. The van der Waals surface area contributed by atoms with E-state index in [0.717, 1.165) is 0 Å². The zero-order chi connectivity index (χ0) is 14.0. The number of hydrogen-bond donors (Lipinski definition) is 0. The van der Waals surface area contributed by atoms with Gasteiger partial charge in [0.05, 0.1) is 24.1 Å². The average molecular weight is 281 g/mol. The number of nitrogens with zero attached hydrogens (tertiary/aromatic N) is 2. The van der Waals surface area contributed by atoms with Crippen LogP contribution in [0.2, 0.25) is 5.02 Å². The van der Waals surface area contributed by atoms with E-state index in [1.54, 1.807) is 32.2 Å². The lowest BCUT2D eigenvalue weighted by atomic mass is 10.2. The first kappa shape index (κ1) is 13.5. The molecule has 0 unspecified atom stereocenters. The molecule has 0 aliphatic carbocycles. The van der Waals surface area contributed by atoms with Gasteiger partial charge in [0.2, 0.25) is 0 Å². The summed E-state index contributed by atoms with van der Waals surface area (Å²) in [6, 6.07) is 5.07. The molecule has 0 fully saturated rings. The third kappa shape index (κ3) is 2.76. The highest BCUT2D eigenvalue weighted by molar-refractivity contribution is 6.31. The Hall–Kier alpha value is -1.88. The summed E-state index contributed by atoms with van der Waals surface area (Å²) in [5.41, 5.74) is 1.11. The lowest BCUT2D eigenvalue weighted by molar-refractivity contribution is -0.142. The molecule has 1 heterocycles. The van der Waals surface area contributed by atoms with Gasteiger partial charge in [-0.15, -0.1) is 0 Å². The van der Waals surface area contributed by atoms with E-state index in [2.05, 4.69) is 4.98 Å². The van der Waals surface area contributed by atoms with Crippen molar-refractivity contribution in [2.45, 2.75) is 13.3 Å². The number of halogens is 1. The number of carbonyl (C=O) groups excluding carboxylic acids is 1. The standard InChI is InChI=1S/C13H13ClN2O3/c1-3-19-12(17)7-10-13(18)16(2)11-5-4-8(14)6-9(11)15-10/h4-6H,3,7H2,1-2H3. The van der Waals surface area contributed by atoms with Gasteiger partial charge in [0, 0.05) is 12.1 Å². The predicted molar refractivity (Wildman–Crippen MR) is 72.3 cm³/mol. The van der Waals surface area contributed by atoms with E-state index in [4.69, 9.17) is 16.3 Å². The van der Waals surface area contributed by atoms with Crippen LogP contribution in [0.15, 0.2) is 23.0 Å². The second kappa shape index (κ2) is 5.40. The Morgan fingerprint density at radius 2 is 2.21 bits per heavy atom. The highest BCUT2D eigenvalue weighted by Gasteiger charge is 2.13. The highest BCUT2D eigenvalue weighted by atomic mass is 35.5. The molecule has 0 radical (unpaired) electrons. The maximum absolute atomic E-state index is 12.1. The van der Waals surface area contributed by atoms with Crippen LogP contribution < -0.4 is 5.56 Å². The molecular formula is C13H13ClN2O3. The summed E-state index contributed by atoms with van der Waals surface area (Å²) in [5.74, 6) is -0.464. The first-order chi connectivity index (χ1) is 9.02. The average Bonchev–Trinajstić information content (AvgIpc) is 2.35. The summed E-state index contributed by atoms with van der Waals surface area (Å²) in [4.78, 5) is 27.7.